The van der Waals surface area contributed by atoms with Crippen LogP contribution < -0.4 is 5.32 Å². The number of aromatic nitrogens is 2. The minimum absolute atomic E-state index is 0.0178. The fraction of sp³-hybridized carbons (Fsp3) is 0.0500. The first kappa shape index (κ1) is 20.2. The van der Waals surface area contributed by atoms with Crippen LogP contribution in [0, 0.1) is 0 Å². The fourth-order valence-electron chi connectivity index (χ4n) is 2.84. The second kappa shape index (κ2) is 8.35. The second-order valence-electron chi connectivity index (χ2n) is 6.23. The number of imide groups is 1. The van der Waals surface area contributed by atoms with Crippen LogP contribution in [-0.2, 0) is 11.3 Å². The Balaban J connectivity index is 1.40. The zero-order valence-electron chi connectivity index (χ0n) is 15.1. The topological polar surface area (TPSA) is 92.3 Å². The number of hydrogen-bond donors (Lipinski definition) is 1. The number of nitrogens with one attached hydrogen (secondary N) is 1. The zero-order chi connectivity index (χ0) is 21.3. The summed E-state index contributed by atoms with van der Waals surface area (Å²) in [5, 5.41) is 12.0. The van der Waals surface area contributed by atoms with Gasteiger partial charge in [0.05, 0.1) is 17.7 Å². The quantitative estimate of drug-likeness (QED) is 0.454. The lowest BCUT2D eigenvalue weighted by Gasteiger charge is -2.10. The van der Waals surface area contributed by atoms with Gasteiger partial charge in [0.15, 0.2) is 0 Å². The Kier molecular flexibility index (Phi) is 5.63. The lowest BCUT2D eigenvalue weighted by molar-refractivity contribution is -0.111. The Labute approximate surface area is 184 Å². The summed E-state index contributed by atoms with van der Waals surface area (Å²) in [4.78, 5) is 38.1. The molecule has 0 fully saturated rings. The standard InChI is InChI=1S/C20H12Cl2N4O3S/c21-12-7-5-11(15(22)9-12)6-8-16(27)23-20-25-24-17(30-20)10-26-18(28)13-3-1-2-4-14(13)19(26)29/h1-9H,10H2,(H,23,25,27)/b8-6+. The molecule has 7 nitrogen and oxygen atoms in total. The maximum Gasteiger partial charge on any atom is 0.261 e. The lowest BCUT2D eigenvalue weighted by Crippen LogP contribution is -2.29. The van der Waals surface area contributed by atoms with E-state index in [9.17, 15) is 14.4 Å². The van der Waals surface area contributed by atoms with Crippen molar-refractivity contribution in [1.82, 2.24) is 15.1 Å². The van der Waals surface area contributed by atoms with Crippen molar-refractivity contribution in [3.63, 3.8) is 0 Å². The summed E-state index contributed by atoms with van der Waals surface area (Å²) in [6.07, 6.45) is 2.86. The Hall–Kier alpha value is -3.07. The number of hydrogen-bond acceptors (Lipinski definition) is 6. The molecule has 1 aliphatic rings. The summed E-state index contributed by atoms with van der Waals surface area (Å²) in [6, 6.07) is 11.6. The second-order valence-corrected chi connectivity index (χ2v) is 8.14. The number of carbonyl (C=O) groups excluding carboxylic acids is 3. The third-order valence-corrected chi connectivity index (χ3v) is 5.63. The maximum atomic E-state index is 12.4. The van der Waals surface area contributed by atoms with Gasteiger partial charge in [-0.2, -0.15) is 0 Å². The van der Waals surface area contributed by atoms with Crippen LogP contribution in [0.25, 0.3) is 6.08 Å². The number of amides is 3. The van der Waals surface area contributed by atoms with E-state index < -0.39 is 5.91 Å². The SMILES string of the molecule is O=C(/C=C/c1ccc(Cl)cc1Cl)Nc1nnc(CN2C(=O)c3ccccc3C2=O)s1. The van der Waals surface area contributed by atoms with Gasteiger partial charge in [-0.25, -0.2) is 0 Å². The predicted octanol–water partition coefficient (Wildman–Crippen LogP) is 4.29. The molecule has 1 N–H and O–H groups in total. The first-order valence-electron chi connectivity index (χ1n) is 8.64. The van der Waals surface area contributed by atoms with E-state index in [0.717, 1.165) is 16.2 Å². The molecule has 0 unspecified atom stereocenters. The lowest BCUT2D eigenvalue weighted by atomic mass is 10.1. The molecule has 0 saturated carbocycles. The normalized spacial score (nSPS) is 13.2. The number of halogens is 2. The van der Waals surface area contributed by atoms with E-state index in [-0.39, 0.29) is 23.5 Å². The molecule has 0 aliphatic carbocycles. The van der Waals surface area contributed by atoms with E-state index in [4.69, 9.17) is 23.2 Å². The third-order valence-electron chi connectivity index (χ3n) is 4.25. The van der Waals surface area contributed by atoms with Gasteiger partial charge in [-0.15, -0.1) is 10.2 Å². The van der Waals surface area contributed by atoms with Crippen LogP contribution >= 0.6 is 34.5 Å². The molecule has 30 heavy (non-hydrogen) atoms. The Morgan fingerprint density at radius 1 is 1.07 bits per heavy atom. The van der Waals surface area contributed by atoms with Crippen molar-refractivity contribution in [2.75, 3.05) is 5.32 Å². The summed E-state index contributed by atoms with van der Waals surface area (Å²) in [6.45, 7) is -0.0178. The van der Waals surface area contributed by atoms with Crippen LogP contribution in [0.4, 0.5) is 5.13 Å². The number of anilines is 1. The number of benzene rings is 2. The summed E-state index contributed by atoms with van der Waals surface area (Å²) in [7, 11) is 0. The maximum absolute atomic E-state index is 12.4. The third kappa shape index (κ3) is 4.11. The molecule has 0 bridgehead atoms. The molecular formula is C20H12Cl2N4O3S. The summed E-state index contributed by atoms with van der Waals surface area (Å²) in [5.41, 5.74) is 1.37. The monoisotopic (exact) mass is 458 g/mol. The van der Waals surface area contributed by atoms with E-state index in [1.54, 1.807) is 48.5 Å². The molecular weight excluding hydrogens is 447 g/mol. The van der Waals surface area contributed by atoms with Gasteiger partial charge in [-0.05, 0) is 35.9 Å². The van der Waals surface area contributed by atoms with Gasteiger partial charge in [0.2, 0.25) is 11.0 Å². The van der Waals surface area contributed by atoms with Gasteiger partial charge in [-0.1, -0.05) is 52.7 Å². The summed E-state index contributed by atoms with van der Waals surface area (Å²) in [5.74, 6) is -1.18. The van der Waals surface area contributed by atoms with Crippen LogP contribution in [-0.4, -0.2) is 32.8 Å². The molecule has 1 aliphatic heterocycles. The number of nitrogens with zero attached hydrogens (tertiary/aromatic N) is 3. The minimum atomic E-state index is -0.426. The molecule has 0 radical (unpaired) electrons. The molecule has 3 amide bonds. The highest BCUT2D eigenvalue weighted by Gasteiger charge is 2.35. The van der Waals surface area contributed by atoms with E-state index in [0.29, 0.717) is 31.7 Å². The van der Waals surface area contributed by atoms with E-state index in [2.05, 4.69) is 15.5 Å². The Morgan fingerprint density at radius 3 is 2.43 bits per heavy atom. The van der Waals surface area contributed by atoms with Gasteiger partial charge in [0, 0.05) is 16.1 Å². The van der Waals surface area contributed by atoms with Crippen molar-refractivity contribution in [2.24, 2.45) is 0 Å². The van der Waals surface area contributed by atoms with Crippen molar-refractivity contribution >= 4 is 63.5 Å². The van der Waals surface area contributed by atoms with Gasteiger partial charge in [0.25, 0.3) is 11.8 Å². The molecule has 1 aromatic heterocycles. The zero-order valence-corrected chi connectivity index (χ0v) is 17.5. The van der Waals surface area contributed by atoms with Crippen molar-refractivity contribution < 1.29 is 14.4 Å². The highest BCUT2D eigenvalue weighted by molar-refractivity contribution is 7.15. The van der Waals surface area contributed by atoms with Crippen molar-refractivity contribution in [3.8, 4) is 0 Å². The van der Waals surface area contributed by atoms with E-state index in [1.807, 2.05) is 0 Å². The fourth-order valence-corrected chi connectivity index (χ4v) is 4.04. The molecule has 150 valence electrons. The first-order valence-corrected chi connectivity index (χ1v) is 10.2. The Morgan fingerprint density at radius 2 is 1.77 bits per heavy atom. The predicted molar refractivity (Wildman–Crippen MR) is 115 cm³/mol. The number of carbonyl (C=O) groups is 3. The summed E-state index contributed by atoms with van der Waals surface area (Å²) >= 11 is 13.0. The van der Waals surface area contributed by atoms with Gasteiger partial charge < -0.3 is 0 Å². The van der Waals surface area contributed by atoms with E-state index >= 15 is 0 Å². The molecule has 10 heteroatoms. The van der Waals surface area contributed by atoms with Gasteiger partial charge >= 0.3 is 0 Å². The molecule has 3 aromatic rings. The molecule has 2 aromatic carbocycles. The molecule has 0 atom stereocenters. The van der Waals surface area contributed by atoms with Crippen LogP contribution in [0.3, 0.4) is 0 Å². The van der Waals surface area contributed by atoms with Crippen LogP contribution in [0.5, 0.6) is 0 Å². The summed E-state index contributed by atoms with van der Waals surface area (Å²) < 4.78 is 0. The molecule has 0 saturated heterocycles. The van der Waals surface area contributed by atoms with E-state index in [1.165, 1.54) is 6.08 Å². The smallest absolute Gasteiger partial charge is 0.261 e. The number of fused-ring (bicyclic) bond motifs is 1. The van der Waals surface area contributed by atoms with Crippen molar-refractivity contribution in [3.05, 3.63) is 80.3 Å². The first-order chi connectivity index (χ1) is 14.4. The number of rotatable bonds is 5. The van der Waals surface area contributed by atoms with Crippen LogP contribution in [0.1, 0.15) is 31.3 Å². The average molecular weight is 459 g/mol. The largest absolute Gasteiger partial charge is 0.297 e. The highest BCUT2D eigenvalue weighted by Crippen LogP contribution is 2.26. The minimum Gasteiger partial charge on any atom is -0.297 e. The van der Waals surface area contributed by atoms with Crippen LogP contribution in [0.2, 0.25) is 10.0 Å². The average Bonchev–Trinajstić information content (AvgIpc) is 3.26. The van der Waals surface area contributed by atoms with Crippen LogP contribution in [0.15, 0.2) is 48.5 Å². The van der Waals surface area contributed by atoms with Gasteiger partial charge in [-0.3, -0.25) is 24.6 Å². The molecule has 4 rings (SSSR count). The van der Waals surface area contributed by atoms with Crippen molar-refractivity contribution in [1.29, 1.82) is 0 Å². The molecule has 2 heterocycles. The highest BCUT2D eigenvalue weighted by atomic mass is 35.5. The molecule has 0 spiro atoms. The van der Waals surface area contributed by atoms with Gasteiger partial charge in [0.1, 0.15) is 5.01 Å². The van der Waals surface area contributed by atoms with Crippen molar-refractivity contribution in [2.45, 2.75) is 6.54 Å². The Bertz CT molecular complexity index is 1170.